The minimum Gasteiger partial charge on any atom is -0.330 e. The molecule has 0 aliphatic heterocycles. The molecule has 5 nitrogen and oxygen atoms in total. The number of aromatic nitrogens is 1. The van der Waals surface area contributed by atoms with Crippen LogP contribution in [0.1, 0.15) is 18.4 Å². The number of nitrogens with zero attached hydrogens (tertiary/aromatic N) is 1. The lowest BCUT2D eigenvalue weighted by Gasteiger charge is -2.06. The highest BCUT2D eigenvalue weighted by molar-refractivity contribution is 7.89. The molecule has 3 N–H and O–H groups in total. The summed E-state index contributed by atoms with van der Waals surface area (Å²) in [6.07, 6.45) is 5.46. The zero-order valence-electron chi connectivity index (χ0n) is 9.80. The van der Waals surface area contributed by atoms with Gasteiger partial charge in [0.2, 0.25) is 10.0 Å². The van der Waals surface area contributed by atoms with Crippen molar-refractivity contribution >= 4 is 10.0 Å². The Morgan fingerprint density at radius 1 is 1.24 bits per heavy atom. The summed E-state index contributed by atoms with van der Waals surface area (Å²) in [5, 5.41) is 0. The van der Waals surface area contributed by atoms with Gasteiger partial charge in [0.25, 0.3) is 0 Å². The summed E-state index contributed by atoms with van der Waals surface area (Å²) in [7, 11) is -3.17. The van der Waals surface area contributed by atoms with E-state index in [4.69, 9.17) is 5.73 Å². The lowest BCUT2D eigenvalue weighted by molar-refractivity contribution is 0.576. The molecule has 0 atom stereocenters. The number of hydrogen-bond acceptors (Lipinski definition) is 4. The van der Waals surface area contributed by atoms with Gasteiger partial charge < -0.3 is 5.73 Å². The van der Waals surface area contributed by atoms with E-state index in [-0.39, 0.29) is 5.75 Å². The van der Waals surface area contributed by atoms with Gasteiger partial charge in [0, 0.05) is 18.9 Å². The molecular weight excluding hydrogens is 238 g/mol. The molecule has 96 valence electrons. The number of rotatable bonds is 8. The average molecular weight is 257 g/mol. The van der Waals surface area contributed by atoms with Crippen molar-refractivity contribution in [2.45, 2.75) is 19.3 Å². The predicted octanol–water partition coefficient (Wildman–Crippen LogP) is 0.282. The topological polar surface area (TPSA) is 85.1 Å². The fourth-order valence-electron chi connectivity index (χ4n) is 1.37. The first kappa shape index (κ1) is 14.1. The highest BCUT2D eigenvalue weighted by Gasteiger charge is 2.09. The van der Waals surface area contributed by atoms with Crippen LogP contribution in [0.2, 0.25) is 0 Å². The monoisotopic (exact) mass is 257 g/mol. The maximum atomic E-state index is 11.6. The minimum absolute atomic E-state index is 0.111. The fraction of sp³-hybridized carbons (Fsp3) is 0.545. The van der Waals surface area contributed by atoms with Gasteiger partial charge in [-0.25, -0.2) is 13.1 Å². The highest BCUT2D eigenvalue weighted by atomic mass is 32.2. The molecule has 6 heteroatoms. The van der Waals surface area contributed by atoms with Gasteiger partial charge in [0.05, 0.1) is 5.75 Å². The molecule has 17 heavy (non-hydrogen) atoms. The number of nitrogens with two attached hydrogens (primary N) is 1. The zero-order chi connectivity index (χ0) is 12.6. The summed E-state index contributed by atoms with van der Waals surface area (Å²) < 4.78 is 25.8. The van der Waals surface area contributed by atoms with Crippen LogP contribution in [0.25, 0.3) is 0 Å². The first-order chi connectivity index (χ1) is 8.14. The van der Waals surface area contributed by atoms with E-state index in [1.54, 1.807) is 12.4 Å². The van der Waals surface area contributed by atoms with Crippen LogP contribution < -0.4 is 10.5 Å². The summed E-state index contributed by atoms with van der Waals surface area (Å²) in [6, 6.07) is 3.65. The summed E-state index contributed by atoms with van der Waals surface area (Å²) in [6.45, 7) is 1.06. The van der Waals surface area contributed by atoms with Crippen molar-refractivity contribution in [3.05, 3.63) is 30.1 Å². The first-order valence-corrected chi connectivity index (χ1v) is 7.35. The average Bonchev–Trinajstić information content (AvgIpc) is 2.34. The Kier molecular flexibility index (Phi) is 6.10. The Balaban J connectivity index is 2.30. The molecule has 1 heterocycles. The Labute approximate surface area is 102 Å². The van der Waals surface area contributed by atoms with Crippen LogP contribution in [0.15, 0.2) is 24.5 Å². The number of sulfonamides is 1. The fourth-order valence-corrected chi connectivity index (χ4v) is 2.47. The Bertz CT molecular complexity index is 406. The van der Waals surface area contributed by atoms with E-state index in [1.807, 2.05) is 12.1 Å². The van der Waals surface area contributed by atoms with E-state index in [2.05, 4.69) is 9.71 Å². The number of unbranched alkanes of at least 4 members (excludes halogenated alkanes) is 1. The molecule has 0 fully saturated rings. The zero-order valence-corrected chi connectivity index (χ0v) is 10.6. The Morgan fingerprint density at radius 2 is 1.94 bits per heavy atom. The molecule has 0 radical (unpaired) electrons. The van der Waals surface area contributed by atoms with Crippen LogP contribution in [0, 0.1) is 0 Å². The molecule has 1 aromatic heterocycles. The van der Waals surface area contributed by atoms with Crippen molar-refractivity contribution in [3.8, 4) is 0 Å². The maximum Gasteiger partial charge on any atom is 0.211 e. The normalized spacial score (nSPS) is 11.6. The SMILES string of the molecule is NCCCCNS(=O)(=O)CCc1ccncc1. The second-order valence-electron chi connectivity index (χ2n) is 3.81. The molecule has 1 aromatic rings. The quantitative estimate of drug-likeness (QED) is 0.655. The molecular formula is C11H19N3O2S. The Morgan fingerprint density at radius 3 is 2.59 bits per heavy atom. The number of nitrogens with one attached hydrogen (secondary N) is 1. The number of hydrogen-bond donors (Lipinski definition) is 2. The van der Waals surface area contributed by atoms with Gasteiger partial charge in [-0.05, 0) is 43.5 Å². The molecule has 0 aliphatic rings. The number of pyridine rings is 1. The van der Waals surface area contributed by atoms with Crippen molar-refractivity contribution < 1.29 is 8.42 Å². The van der Waals surface area contributed by atoms with Crippen molar-refractivity contribution in [1.29, 1.82) is 0 Å². The summed E-state index contributed by atoms with van der Waals surface area (Å²) in [5.74, 6) is 0.111. The van der Waals surface area contributed by atoms with Gasteiger partial charge in [0.15, 0.2) is 0 Å². The van der Waals surface area contributed by atoms with Gasteiger partial charge in [-0.2, -0.15) is 0 Å². The summed E-state index contributed by atoms with van der Waals surface area (Å²) >= 11 is 0. The van der Waals surface area contributed by atoms with Gasteiger partial charge in [-0.1, -0.05) is 0 Å². The molecule has 0 spiro atoms. The van der Waals surface area contributed by atoms with E-state index in [0.717, 1.165) is 18.4 Å². The van der Waals surface area contributed by atoms with E-state index in [1.165, 1.54) is 0 Å². The van der Waals surface area contributed by atoms with Crippen LogP contribution in [-0.4, -0.2) is 32.2 Å². The van der Waals surface area contributed by atoms with Crippen LogP contribution in [-0.2, 0) is 16.4 Å². The predicted molar refractivity (Wildman–Crippen MR) is 68.0 cm³/mol. The van der Waals surface area contributed by atoms with Crippen LogP contribution >= 0.6 is 0 Å². The third-order valence-electron chi connectivity index (χ3n) is 2.36. The molecule has 0 saturated carbocycles. The first-order valence-electron chi connectivity index (χ1n) is 5.70. The van der Waals surface area contributed by atoms with Crippen molar-refractivity contribution in [2.75, 3.05) is 18.8 Å². The Hall–Kier alpha value is -0.980. The second-order valence-corrected chi connectivity index (χ2v) is 5.74. The van der Waals surface area contributed by atoms with Crippen LogP contribution in [0.3, 0.4) is 0 Å². The third kappa shape index (κ3) is 6.35. The molecule has 1 rings (SSSR count). The lowest BCUT2D eigenvalue weighted by atomic mass is 10.2. The van der Waals surface area contributed by atoms with Crippen molar-refractivity contribution in [1.82, 2.24) is 9.71 Å². The van der Waals surface area contributed by atoms with Gasteiger partial charge in [-0.15, -0.1) is 0 Å². The minimum atomic E-state index is -3.17. The van der Waals surface area contributed by atoms with Gasteiger partial charge in [-0.3, -0.25) is 4.98 Å². The molecule has 0 amide bonds. The van der Waals surface area contributed by atoms with E-state index in [9.17, 15) is 8.42 Å². The third-order valence-corrected chi connectivity index (χ3v) is 3.75. The molecule has 0 aromatic carbocycles. The van der Waals surface area contributed by atoms with Crippen LogP contribution in [0.4, 0.5) is 0 Å². The maximum absolute atomic E-state index is 11.6. The van der Waals surface area contributed by atoms with Crippen LogP contribution in [0.5, 0.6) is 0 Å². The summed E-state index contributed by atoms with van der Waals surface area (Å²) in [5.41, 5.74) is 6.31. The van der Waals surface area contributed by atoms with E-state index in [0.29, 0.717) is 19.5 Å². The molecule has 0 unspecified atom stereocenters. The molecule has 0 aliphatic carbocycles. The largest absolute Gasteiger partial charge is 0.330 e. The van der Waals surface area contributed by atoms with Gasteiger partial charge in [0.1, 0.15) is 0 Å². The standard InChI is InChI=1S/C11H19N3O2S/c12-6-1-2-7-14-17(15,16)10-5-11-3-8-13-9-4-11/h3-4,8-9,14H,1-2,5-7,10,12H2. The second kappa shape index (κ2) is 7.37. The summed E-state index contributed by atoms with van der Waals surface area (Å²) in [4.78, 5) is 3.88. The lowest BCUT2D eigenvalue weighted by Crippen LogP contribution is -2.28. The van der Waals surface area contributed by atoms with Crippen molar-refractivity contribution in [2.24, 2.45) is 5.73 Å². The van der Waals surface area contributed by atoms with E-state index >= 15 is 0 Å². The van der Waals surface area contributed by atoms with E-state index < -0.39 is 10.0 Å². The van der Waals surface area contributed by atoms with Crippen molar-refractivity contribution in [3.63, 3.8) is 0 Å². The molecule has 0 bridgehead atoms. The highest BCUT2D eigenvalue weighted by Crippen LogP contribution is 2.00. The smallest absolute Gasteiger partial charge is 0.211 e. The number of aryl methyl sites for hydroxylation is 1. The molecule has 0 saturated heterocycles. The van der Waals surface area contributed by atoms with Gasteiger partial charge >= 0.3 is 0 Å².